The fourth-order valence-corrected chi connectivity index (χ4v) is 4.28. The molecule has 12 heteroatoms. The van der Waals surface area contributed by atoms with E-state index >= 15 is 0 Å². The zero-order valence-electron chi connectivity index (χ0n) is 18.1. The Labute approximate surface area is 200 Å². The normalized spacial score (nSPS) is 12.8. The van der Waals surface area contributed by atoms with E-state index in [-0.39, 0.29) is 29.5 Å². The summed E-state index contributed by atoms with van der Waals surface area (Å²) in [5.74, 6) is -0.228. The molecule has 4 N–H and O–H groups in total. The lowest BCUT2D eigenvalue weighted by molar-refractivity contribution is -0.138. The zero-order chi connectivity index (χ0) is 24.6. The third-order valence-corrected chi connectivity index (χ3v) is 6.35. The van der Waals surface area contributed by atoms with Crippen molar-refractivity contribution in [2.45, 2.75) is 37.9 Å². The smallest absolute Gasteiger partial charge is 0.419 e. The van der Waals surface area contributed by atoms with Crippen LogP contribution in [0.5, 0.6) is 5.75 Å². The van der Waals surface area contributed by atoms with E-state index in [4.69, 9.17) is 20.3 Å². The van der Waals surface area contributed by atoms with E-state index in [1.807, 2.05) is 18.2 Å². The Hall–Kier alpha value is -2.14. The summed E-state index contributed by atoms with van der Waals surface area (Å²) in [4.78, 5) is 17.6. The van der Waals surface area contributed by atoms with Crippen molar-refractivity contribution in [1.29, 1.82) is 0 Å². The summed E-state index contributed by atoms with van der Waals surface area (Å²) >= 11 is 1.00. The molecule has 1 heterocycles. The van der Waals surface area contributed by atoms with Crippen LogP contribution in [0.25, 0.3) is 10.6 Å². The maximum absolute atomic E-state index is 13.7. The molecule has 0 amide bonds. The average Bonchev–Trinajstić information content (AvgIpc) is 3.30. The number of unbranched alkanes of at least 4 members (excludes halogenated alkanes) is 2. The molecular weight excluding hydrogens is 490 g/mol. The van der Waals surface area contributed by atoms with Crippen LogP contribution < -0.4 is 10.5 Å². The third kappa shape index (κ3) is 7.97. The average molecular weight is 515 g/mol. The second-order valence-corrected chi connectivity index (χ2v) is 9.23. The molecule has 3 aromatic rings. The lowest BCUT2D eigenvalue weighted by Gasteiger charge is -2.15. The minimum absolute atomic E-state index is 0.188. The topological polar surface area (TPSA) is 111 Å². The van der Waals surface area contributed by atoms with Gasteiger partial charge < -0.3 is 24.8 Å². The molecule has 0 saturated heterocycles. The fraction of sp³-hybridized carbons (Fsp3) is 0.364. The van der Waals surface area contributed by atoms with Crippen LogP contribution in [0.4, 0.5) is 13.2 Å². The molecule has 3 rings (SSSR count). The van der Waals surface area contributed by atoms with Crippen molar-refractivity contribution < 1.29 is 32.2 Å². The van der Waals surface area contributed by atoms with Crippen molar-refractivity contribution in [3.8, 4) is 16.3 Å². The Kier molecular flexibility index (Phi) is 9.75. The number of benzene rings is 2. The molecule has 0 radical (unpaired) electrons. The Bertz CT molecular complexity index is 1040. The molecule has 0 spiro atoms. The molecule has 1 aromatic heterocycles. The highest BCUT2D eigenvalue weighted by molar-refractivity contribution is 7.39. The summed E-state index contributed by atoms with van der Waals surface area (Å²) in [6.07, 6.45) is -1.25. The molecule has 0 aliphatic carbocycles. The summed E-state index contributed by atoms with van der Waals surface area (Å²) in [7, 11) is -2.56. The molecular formula is C22H25F3N3O4PS. The van der Waals surface area contributed by atoms with Gasteiger partial charge in [0, 0.05) is 5.56 Å². The second kappa shape index (κ2) is 12.5. The first-order chi connectivity index (χ1) is 16.2. The number of hydrogen-bond donors (Lipinski definition) is 3. The highest BCUT2D eigenvalue weighted by Gasteiger charge is 2.35. The van der Waals surface area contributed by atoms with E-state index < -0.39 is 26.4 Å². The van der Waals surface area contributed by atoms with Gasteiger partial charge in [-0.3, -0.25) is 0 Å². The molecule has 7 nitrogen and oxygen atoms in total. The van der Waals surface area contributed by atoms with Crippen LogP contribution in [0.15, 0.2) is 48.5 Å². The van der Waals surface area contributed by atoms with Gasteiger partial charge >= 0.3 is 14.8 Å². The standard InChI is InChI=1S/C22H25F3N3O4PS/c23-22(24,25)17-13-16(20-27-28-21(34-20)18(26)14-32-33(29)30)10-11-19(17)31-12-6-2-5-9-15-7-3-1-4-8-15/h1,3-4,7-8,10-11,13,18,29-30H,2,5-6,9,12,14,26H2. The first-order valence-corrected chi connectivity index (χ1v) is 12.5. The fourth-order valence-electron chi connectivity index (χ4n) is 3.16. The molecule has 1 unspecified atom stereocenters. The SMILES string of the molecule is NC(COP(O)O)c1nnc(-c2ccc(OCCCCCc3ccccc3)c(C(F)(F)F)c2)s1. The predicted octanol–water partition coefficient (Wildman–Crippen LogP) is 5.24. The van der Waals surface area contributed by atoms with E-state index in [0.29, 0.717) is 11.4 Å². The highest BCUT2D eigenvalue weighted by atomic mass is 32.1. The van der Waals surface area contributed by atoms with Crippen LogP contribution >= 0.6 is 19.9 Å². The summed E-state index contributed by atoms with van der Waals surface area (Å²) in [5.41, 5.74) is 6.43. The number of alkyl halides is 3. The van der Waals surface area contributed by atoms with Gasteiger partial charge in [-0.2, -0.15) is 13.2 Å². The van der Waals surface area contributed by atoms with Crippen molar-refractivity contribution in [2.24, 2.45) is 5.73 Å². The van der Waals surface area contributed by atoms with Crippen molar-refractivity contribution in [1.82, 2.24) is 10.2 Å². The first kappa shape index (κ1) is 26.5. The second-order valence-electron chi connectivity index (χ2n) is 7.45. The van der Waals surface area contributed by atoms with Crippen LogP contribution in [0.2, 0.25) is 0 Å². The predicted molar refractivity (Wildman–Crippen MR) is 124 cm³/mol. The molecule has 0 aliphatic rings. The van der Waals surface area contributed by atoms with Gasteiger partial charge in [-0.15, -0.1) is 10.2 Å². The van der Waals surface area contributed by atoms with Gasteiger partial charge in [-0.1, -0.05) is 41.7 Å². The molecule has 1 atom stereocenters. The van der Waals surface area contributed by atoms with Crippen molar-refractivity contribution in [3.05, 3.63) is 64.7 Å². The monoisotopic (exact) mass is 515 g/mol. The van der Waals surface area contributed by atoms with Gasteiger partial charge in [-0.25, -0.2) is 0 Å². The molecule has 0 aliphatic heterocycles. The van der Waals surface area contributed by atoms with Crippen LogP contribution in [-0.4, -0.2) is 33.2 Å². The van der Waals surface area contributed by atoms with Crippen LogP contribution in [-0.2, 0) is 17.1 Å². The van der Waals surface area contributed by atoms with Gasteiger partial charge in [0.15, 0.2) is 0 Å². The largest absolute Gasteiger partial charge is 0.493 e. The lowest BCUT2D eigenvalue weighted by Crippen LogP contribution is -2.15. The summed E-state index contributed by atoms with van der Waals surface area (Å²) in [5, 5.41) is 8.34. The quantitative estimate of drug-likeness (QED) is 0.223. The number of aromatic nitrogens is 2. The maximum Gasteiger partial charge on any atom is 0.419 e. The van der Waals surface area contributed by atoms with Crippen LogP contribution in [0.1, 0.15) is 41.4 Å². The van der Waals surface area contributed by atoms with Gasteiger partial charge in [0.2, 0.25) is 0 Å². The van der Waals surface area contributed by atoms with Crippen LogP contribution in [0, 0.1) is 0 Å². The lowest BCUT2D eigenvalue weighted by atomic mass is 10.1. The Balaban J connectivity index is 1.59. The minimum atomic E-state index is -4.60. The Morgan fingerprint density at radius 3 is 2.50 bits per heavy atom. The highest BCUT2D eigenvalue weighted by Crippen LogP contribution is 2.39. The maximum atomic E-state index is 13.7. The number of halogens is 3. The van der Waals surface area contributed by atoms with Crippen molar-refractivity contribution in [2.75, 3.05) is 13.2 Å². The van der Waals surface area contributed by atoms with E-state index in [9.17, 15) is 13.2 Å². The van der Waals surface area contributed by atoms with E-state index in [1.165, 1.54) is 17.7 Å². The Morgan fingerprint density at radius 1 is 1.03 bits per heavy atom. The summed E-state index contributed by atoms with van der Waals surface area (Å²) in [6.45, 7) is -0.0213. The number of nitrogens with zero attached hydrogens (tertiary/aromatic N) is 2. The third-order valence-electron chi connectivity index (χ3n) is 4.87. The van der Waals surface area contributed by atoms with Gasteiger partial charge in [-0.05, 0) is 49.4 Å². The molecule has 0 saturated carbocycles. The van der Waals surface area contributed by atoms with E-state index in [0.717, 1.165) is 36.7 Å². The number of aryl methyl sites for hydroxylation is 1. The van der Waals surface area contributed by atoms with Crippen LogP contribution in [0.3, 0.4) is 0 Å². The Morgan fingerprint density at radius 2 is 1.79 bits per heavy atom. The molecule has 0 bridgehead atoms. The van der Waals surface area contributed by atoms with Gasteiger partial charge in [0.1, 0.15) is 15.8 Å². The van der Waals surface area contributed by atoms with Crippen molar-refractivity contribution in [3.63, 3.8) is 0 Å². The van der Waals surface area contributed by atoms with Gasteiger partial charge in [0.05, 0.1) is 24.8 Å². The molecule has 34 heavy (non-hydrogen) atoms. The van der Waals surface area contributed by atoms with E-state index in [1.54, 1.807) is 0 Å². The first-order valence-electron chi connectivity index (χ1n) is 10.5. The summed E-state index contributed by atoms with van der Waals surface area (Å²) in [6, 6.07) is 13.0. The minimum Gasteiger partial charge on any atom is -0.493 e. The summed E-state index contributed by atoms with van der Waals surface area (Å²) < 4.78 is 51.2. The zero-order valence-corrected chi connectivity index (χ0v) is 19.8. The molecule has 184 valence electrons. The number of rotatable bonds is 12. The molecule has 2 aromatic carbocycles. The molecule has 0 fully saturated rings. The number of nitrogens with two attached hydrogens (primary N) is 1. The van der Waals surface area contributed by atoms with Crippen molar-refractivity contribution >= 4 is 19.9 Å². The van der Waals surface area contributed by atoms with E-state index in [2.05, 4.69) is 26.9 Å². The van der Waals surface area contributed by atoms with Gasteiger partial charge in [0.25, 0.3) is 0 Å². The number of hydrogen-bond acceptors (Lipinski definition) is 8. The number of ether oxygens (including phenoxy) is 1.